The van der Waals surface area contributed by atoms with Gasteiger partial charge in [0.1, 0.15) is 5.82 Å². The largest absolute Gasteiger partial charge is 0.391 e. The first-order valence-corrected chi connectivity index (χ1v) is 5.47. The van der Waals surface area contributed by atoms with Gasteiger partial charge in [-0.15, -0.1) is 0 Å². The first-order chi connectivity index (χ1) is 7.99. The van der Waals surface area contributed by atoms with Gasteiger partial charge in [-0.05, 0) is 24.1 Å². The first-order valence-electron chi connectivity index (χ1n) is 5.47. The number of halogens is 1. The standard InChI is InChI=1S/C12H17FN2O2/c1-8(2)11(16)7-14-12(17)15-10-5-3-4-9(13)6-10/h3-6,8,11,16H,7H2,1-2H3,(H2,14,15,17). The fraction of sp³-hybridized carbons (Fsp3) is 0.417. The Balaban J connectivity index is 2.40. The lowest BCUT2D eigenvalue weighted by molar-refractivity contribution is 0.126. The van der Waals surface area contributed by atoms with Crippen LogP contribution in [0.5, 0.6) is 0 Å². The van der Waals surface area contributed by atoms with Crippen molar-refractivity contribution in [1.29, 1.82) is 0 Å². The Labute approximate surface area is 99.8 Å². The SMILES string of the molecule is CC(C)C(O)CNC(=O)Nc1cccc(F)c1. The molecular weight excluding hydrogens is 223 g/mol. The molecule has 2 amide bonds. The Hall–Kier alpha value is -1.62. The Morgan fingerprint density at radius 2 is 2.18 bits per heavy atom. The number of anilines is 1. The minimum absolute atomic E-state index is 0.0736. The molecule has 3 N–H and O–H groups in total. The smallest absolute Gasteiger partial charge is 0.319 e. The van der Waals surface area contributed by atoms with Gasteiger partial charge in [-0.2, -0.15) is 0 Å². The van der Waals surface area contributed by atoms with E-state index in [0.717, 1.165) is 0 Å². The average Bonchev–Trinajstić information content (AvgIpc) is 2.25. The Morgan fingerprint density at radius 3 is 2.76 bits per heavy atom. The van der Waals surface area contributed by atoms with E-state index in [1.807, 2.05) is 13.8 Å². The van der Waals surface area contributed by atoms with Crippen molar-refractivity contribution in [3.05, 3.63) is 30.1 Å². The molecule has 0 radical (unpaired) electrons. The number of benzene rings is 1. The van der Waals surface area contributed by atoms with Crippen molar-refractivity contribution in [2.24, 2.45) is 5.92 Å². The minimum atomic E-state index is -0.590. The zero-order valence-electron chi connectivity index (χ0n) is 9.90. The van der Waals surface area contributed by atoms with E-state index in [2.05, 4.69) is 10.6 Å². The van der Waals surface area contributed by atoms with E-state index in [1.165, 1.54) is 18.2 Å². The van der Waals surface area contributed by atoms with Gasteiger partial charge in [-0.1, -0.05) is 19.9 Å². The summed E-state index contributed by atoms with van der Waals surface area (Å²) in [5.41, 5.74) is 0.376. The molecule has 17 heavy (non-hydrogen) atoms. The van der Waals surface area contributed by atoms with Crippen LogP contribution in [0.15, 0.2) is 24.3 Å². The third-order valence-corrected chi connectivity index (χ3v) is 2.32. The Kier molecular flexibility index (Phi) is 4.90. The maximum absolute atomic E-state index is 12.8. The highest BCUT2D eigenvalue weighted by Gasteiger charge is 2.10. The zero-order valence-corrected chi connectivity index (χ0v) is 9.90. The third-order valence-electron chi connectivity index (χ3n) is 2.32. The molecule has 1 aromatic carbocycles. The van der Waals surface area contributed by atoms with E-state index >= 15 is 0 Å². The highest BCUT2D eigenvalue weighted by Crippen LogP contribution is 2.08. The van der Waals surface area contributed by atoms with Gasteiger partial charge in [0.15, 0.2) is 0 Å². The van der Waals surface area contributed by atoms with E-state index in [-0.39, 0.29) is 12.5 Å². The summed E-state index contributed by atoms with van der Waals surface area (Å²) in [5, 5.41) is 14.5. The lowest BCUT2D eigenvalue weighted by Crippen LogP contribution is -2.37. The van der Waals surface area contributed by atoms with Gasteiger partial charge in [0.2, 0.25) is 0 Å². The molecule has 0 saturated heterocycles. The van der Waals surface area contributed by atoms with E-state index in [9.17, 15) is 14.3 Å². The van der Waals surface area contributed by atoms with Crippen molar-refractivity contribution in [2.45, 2.75) is 20.0 Å². The van der Waals surface area contributed by atoms with Crippen LogP contribution in [0.3, 0.4) is 0 Å². The van der Waals surface area contributed by atoms with Gasteiger partial charge in [-0.25, -0.2) is 9.18 Å². The molecule has 1 aromatic rings. The van der Waals surface area contributed by atoms with E-state index < -0.39 is 18.0 Å². The van der Waals surface area contributed by atoms with Crippen molar-refractivity contribution in [3.63, 3.8) is 0 Å². The number of aliphatic hydroxyl groups is 1. The number of rotatable bonds is 4. The molecule has 0 spiro atoms. The topological polar surface area (TPSA) is 61.4 Å². The van der Waals surface area contributed by atoms with Gasteiger partial charge in [0, 0.05) is 12.2 Å². The lowest BCUT2D eigenvalue weighted by Gasteiger charge is -2.15. The molecule has 94 valence electrons. The molecule has 0 aromatic heterocycles. The summed E-state index contributed by atoms with van der Waals surface area (Å²) in [4.78, 5) is 11.4. The van der Waals surface area contributed by atoms with Crippen LogP contribution >= 0.6 is 0 Å². The molecule has 0 saturated carbocycles. The van der Waals surface area contributed by atoms with Crippen molar-refractivity contribution in [2.75, 3.05) is 11.9 Å². The number of urea groups is 1. The summed E-state index contributed by atoms with van der Waals surface area (Å²) in [6.07, 6.45) is -0.590. The average molecular weight is 240 g/mol. The van der Waals surface area contributed by atoms with Crippen molar-refractivity contribution < 1.29 is 14.3 Å². The fourth-order valence-electron chi connectivity index (χ4n) is 1.17. The molecule has 4 nitrogen and oxygen atoms in total. The highest BCUT2D eigenvalue weighted by molar-refractivity contribution is 5.89. The highest BCUT2D eigenvalue weighted by atomic mass is 19.1. The van der Waals surface area contributed by atoms with Crippen LogP contribution in [0, 0.1) is 11.7 Å². The predicted molar refractivity (Wildman–Crippen MR) is 64.3 cm³/mol. The summed E-state index contributed by atoms with van der Waals surface area (Å²) in [6, 6.07) is 5.15. The number of aliphatic hydroxyl groups excluding tert-OH is 1. The van der Waals surface area contributed by atoms with Gasteiger partial charge < -0.3 is 15.7 Å². The maximum Gasteiger partial charge on any atom is 0.319 e. The molecule has 0 bridgehead atoms. The van der Waals surface area contributed by atoms with Crippen LogP contribution < -0.4 is 10.6 Å². The molecule has 5 heteroatoms. The number of hydrogen-bond donors (Lipinski definition) is 3. The fourth-order valence-corrected chi connectivity index (χ4v) is 1.17. The number of carbonyl (C=O) groups excluding carboxylic acids is 1. The first kappa shape index (κ1) is 13.4. The predicted octanol–water partition coefficient (Wildman–Crippen LogP) is 1.96. The summed E-state index contributed by atoms with van der Waals surface area (Å²) < 4.78 is 12.8. The van der Waals surface area contributed by atoms with E-state index in [1.54, 1.807) is 6.07 Å². The number of hydrogen-bond acceptors (Lipinski definition) is 2. The van der Waals surface area contributed by atoms with Crippen molar-refractivity contribution >= 4 is 11.7 Å². The van der Waals surface area contributed by atoms with Gasteiger partial charge >= 0.3 is 6.03 Å². The quantitative estimate of drug-likeness (QED) is 0.753. The van der Waals surface area contributed by atoms with Crippen LogP contribution in [-0.4, -0.2) is 23.8 Å². The molecule has 0 aliphatic carbocycles. The molecule has 0 aliphatic heterocycles. The van der Waals surface area contributed by atoms with Gasteiger partial charge in [0.05, 0.1) is 6.10 Å². The van der Waals surface area contributed by atoms with Crippen LogP contribution in [0.2, 0.25) is 0 Å². The lowest BCUT2D eigenvalue weighted by atomic mass is 10.1. The third kappa shape index (κ3) is 4.82. The molecular formula is C12H17FN2O2. The number of carbonyl (C=O) groups is 1. The Bertz CT molecular complexity index is 383. The van der Waals surface area contributed by atoms with Crippen molar-refractivity contribution in [3.8, 4) is 0 Å². The van der Waals surface area contributed by atoms with Crippen LogP contribution in [0.1, 0.15) is 13.8 Å². The second kappa shape index (κ2) is 6.20. The molecule has 1 atom stereocenters. The van der Waals surface area contributed by atoms with Gasteiger partial charge in [-0.3, -0.25) is 0 Å². The molecule has 1 rings (SSSR count). The van der Waals surface area contributed by atoms with Crippen LogP contribution in [-0.2, 0) is 0 Å². The van der Waals surface area contributed by atoms with Crippen LogP contribution in [0.25, 0.3) is 0 Å². The second-order valence-corrected chi connectivity index (χ2v) is 4.16. The second-order valence-electron chi connectivity index (χ2n) is 4.16. The molecule has 0 heterocycles. The monoisotopic (exact) mass is 240 g/mol. The van der Waals surface area contributed by atoms with Gasteiger partial charge in [0.25, 0.3) is 0 Å². The van der Waals surface area contributed by atoms with Crippen molar-refractivity contribution in [1.82, 2.24) is 5.32 Å². The molecule has 1 unspecified atom stereocenters. The summed E-state index contributed by atoms with van der Waals surface area (Å²) >= 11 is 0. The summed E-state index contributed by atoms with van der Waals surface area (Å²) in [6.45, 7) is 3.88. The van der Waals surface area contributed by atoms with E-state index in [0.29, 0.717) is 5.69 Å². The number of nitrogens with one attached hydrogen (secondary N) is 2. The maximum atomic E-state index is 12.8. The molecule has 0 fully saturated rings. The zero-order chi connectivity index (χ0) is 12.8. The van der Waals surface area contributed by atoms with Crippen LogP contribution in [0.4, 0.5) is 14.9 Å². The summed E-state index contributed by atoms with van der Waals surface area (Å²) in [5.74, 6) is -0.338. The Morgan fingerprint density at radius 1 is 1.47 bits per heavy atom. The summed E-state index contributed by atoms with van der Waals surface area (Å²) in [7, 11) is 0. The van der Waals surface area contributed by atoms with E-state index in [4.69, 9.17) is 0 Å². The number of amides is 2. The normalized spacial score (nSPS) is 12.3. The molecule has 0 aliphatic rings. The minimum Gasteiger partial charge on any atom is -0.391 e.